The Kier molecular flexibility index (Phi) is 4.65. The van der Waals surface area contributed by atoms with Crippen LogP contribution < -0.4 is 16.4 Å². The minimum absolute atomic E-state index is 0.115. The highest BCUT2D eigenvalue weighted by Crippen LogP contribution is 1.96. The number of nitrogens with two attached hydrogens (primary N) is 1. The second kappa shape index (κ2) is 6.28. The van der Waals surface area contributed by atoms with Gasteiger partial charge in [0.05, 0.1) is 0 Å². The summed E-state index contributed by atoms with van der Waals surface area (Å²) in [5.41, 5.74) is 5.99. The molecule has 0 heterocycles. The van der Waals surface area contributed by atoms with E-state index in [1.807, 2.05) is 30.3 Å². The monoisotopic (exact) mass is 222 g/mol. The highest BCUT2D eigenvalue weighted by molar-refractivity contribution is 5.74. The van der Waals surface area contributed by atoms with E-state index in [0.717, 1.165) is 5.56 Å². The fourth-order valence-corrected chi connectivity index (χ4v) is 1.00. The molecule has 1 aromatic carbocycles. The topological polar surface area (TPSA) is 100 Å². The molecule has 0 saturated heterocycles. The molecular formula is C10H14N4O2. The fraction of sp³-hybridized carbons (Fsp3) is 0.200. The minimum atomic E-state index is -0.558. The highest BCUT2D eigenvalue weighted by Gasteiger charge is 2.00. The number of guanidine groups is 1. The first kappa shape index (κ1) is 11.8. The maximum absolute atomic E-state index is 11.1. The zero-order valence-electron chi connectivity index (χ0n) is 8.69. The maximum Gasteiger partial charge on any atom is 0.409 e. The molecule has 0 bridgehead atoms. The summed E-state index contributed by atoms with van der Waals surface area (Å²) >= 11 is 0. The van der Waals surface area contributed by atoms with Crippen molar-refractivity contribution in [2.45, 2.75) is 6.54 Å². The van der Waals surface area contributed by atoms with Gasteiger partial charge in [0.15, 0.2) is 12.7 Å². The predicted octanol–water partition coefficient (Wildman–Crippen LogP) is 0.353. The number of hydrogen-bond acceptors (Lipinski definition) is 3. The van der Waals surface area contributed by atoms with Gasteiger partial charge in [-0.05, 0) is 5.56 Å². The summed E-state index contributed by atoms with van der Waals surface area (Å²) in [5.74, 6) is -0.240. The first-order valence-electron chi connectivity index (χ1n) is 4.71. The summed E-state index contributed by atoms with van der Waals surface area (Å²) < 4.78 is 4.69. The molecule has 0 unspecified atom stereocenters. The molecule has 1 rings (SSSR count). The number of amides is 1. The molecule has 0 aromatic heterocycles. The van der Waals surface area contributed by atoms with Gasteiger partial charge >= 0.3 is 6.09 Å². The number of rotatable bonds is 4. The second-order valence-corrected chi connectivity index (χ2v) is 3.01. The molecule has 5 N–H and O–H groups in total. The van der Waals surface area contributed by atoms with E-state index in [9.17, 15) is 4.79 Å². The fourth-order valence-electron chi connectivity index (χ4n) is 1.00. The largest absolute Gasteiger partial charge is 0.428 e. The maximum atomic E-state index is 11.1. The SMILES string of the molecule is N=C(N)NCOC(=O)NCc1ccccc1. The van der Waals surface area contributed by atoms with Gasteiger partial charge in [-0.15, -0.1) is 0 Å². The Morgan fingerprint density at radius 1 is 1.31 bits per heavy atom. The van der Waals surface area contributed by atoms with Crippen molar-refractivity contribution in [2.24, 2.45) is 5.73 Å². The number of nitrogens with one attached hydrogen (secondary N) is 3. The van der Waals surface area contributed by atoms with Gasteiger partial charge in [0.1, 0.15) is 0 Å². The standard InChI is InChI=1S/C10H14N4O2/c11-9(12)14-7-16-10(15)13-6-8-4-2-1-3-5-8/h1-5H,6-7H2,(H,13,15)(H4,11,12,14). The lowest BCUT2D eigenvalue weighted by Gasteiger charge is -2.07. The Morgan fingerprint density at radius 2 is 2.00 bits per heavy atom. The van der Waals surface area contributed by atoms with Crippen molar-refractivity contribution in [3.8, 4) is 0 Å². The van der Waals surface area contributed by atoms with E-state index in [2.05, 4.69) is 10.6 Å². The van der Waals surface area contributed by atoms with Gasteiger partial charge in [-0.1, -0.05) is 30.3 Å². The van der Waals surface area contributed by atoms with E-state index >= 15 is 0 Å². The average molecular weight is 222 g/mol. The molecule has 0 fully saturated rings. The predicted molar refractivity (Wildman–Crippen MR) is 59.7 cm³/mol. The Morgan fingerprint density at radius 3 is 2.62 bits per heavy atom. The van der Waals surface area contributed by atoms with Crippen LogP contribution in [0.4, 0.5) is 4.79 Å². The van der Waals surface area contributed by atoms with E-state index < -0.39 is 6.09 Å². The van der Waals surface area contributed by atoms with Gasteiger partial charge in [0.2, 0.25) is 0 Å². The van der Waals surface area contributed by atoms with E-state index in [-0.39, 0.29) is 12.7 Å². The van der Waals surface area contributed by atoms with E-state index in [1.54, 1.807) is 0 Å². The van der Waals surface area contributed by atoms with Crippen LogP contribution in [0.2, 0.25) is 0 Å². The average Bonchev–Trinajstić information content (AvgIpc) is 2.27. The summed E-state index contributed by atoms with van der Waals surface area (Å²) in [6.45, 7) is 0.287. The van der Waals surface area contributed by atoms with Gasteiger partial charge in [-0.3, -0.25) is 5.41 Å². The summed E-state index contributed by atoms with van der Waals surface area (Å²) in [7, 11) is 0. The Labute approximate surface area is 93.3 Å². The quantitative estimate of drug-likeness (QED) is 0.335. The molecule has 0 aliphatic heterocycles. The third kappa shape index (κ3) is 4.85. The van der Waals surface area contributed by atoms with Crippen LogP contribution in [0.3, 0.4) is 0 Å². The van der Waals surface area contributed by atoms with Crippen molar-refractivity contribution in [3.05, 3.63) is 35.9 Å². The molecule has 86 valence electrons. The van der Waals surface area contributed by atoms with Crippen LogP contribution in [0.5, 0.6) is 0 Å². The number of alkyl carbamates (subject to hydrolysis) is 1. The molecule has 1 amide bonds. The van der Waals surface area contributed by atoms with Crippen LogP contribution in [0.25, 0.3) is 0 Å². The van der Waals surface area contributed by atoms with Crippen LogP contribution in [-0.4, -0.2) is 18.8 Å². The van der Waals surface area contributed by atoms with Crippen LogP contribution in [-0.2, 0) is 11.3 Å². The summed E-state index contributed by atoms with van der Waals surface area (Å²) in [4.78, 5) is 11.1. The molecule has 6 heteroatoms. The van der Waals surface area contributed by atoms with Crippen molar-refractivity contribution < 1.29 is 9.53 Å². The lowest BCUT2D eigenvalue weighted by atomic mass is 10.2. The Bertz CT molecular complexity index is 353. The molecular weight excluding hydrogens is 208 g/mol. The lowest BCUT2D eigenvalue weighted by Crippen LogP contribution is -2.35. The number of hydrogen-bond donors (Lipinski definition) is 4. The molecule has 0 atom stereocenters. The zero-order chi connectivity index (χ0) is 11.8. The van der Waals surface area contributed by atoms with Gasteiger partial charge < -0.3 is 21.1 Å². The first-order valence-corrected chi connectivity index (χ1v) is 4.71. The second-order valence-electron chi connectivity index (χ2n) is 3.01. The molecule has 0 aliphatic carbocycles. The number of carbonyl (C=O) groups excluding carboxylic acids is 1. The van der Waals surface area contributed by atoms with E-state index in [0.29, 0.717) is 6.54 Å². The third-order valence-corrected chi connectivity index (χ3v) is 1.75. The van der Waals surface area contributed by atoms with Gasteiger partial charge in [0, 0.05) is 6.54 Å². The normalized spacial score (nSPS) is 9.25. The van der Waals surface area contributed by atoms with Crippen molar-refractivity contribution in [1.82, 2.24) is 10.6 Å². The molecule has 0 radical (unpaired) electrons. The lowest BCUT2D eigenvalue weighted by molar-refractivity contribution is 0.143. The number of carbonyl (C=O) groups is 1. The Balaban J connectivity index is 2.18. The van der Waals surface area contributed by atoms with Crippen molar-refractivity contribution in [3.63, 3.8) is 0 Å². The summed E-state index contributed by atoms with van der Waals surface area (Å²) in [6, 6.07) is 9.47. The first-order chi connectivity index (χ1) is 7.68. The minimum Gasteiger partial charge on any atom is -0.428 e. The van der Waals surface area contributed by atoms with Crippen LogP contribution in [0.1, 0.15) is 5.56 Å². The van der Waals surface area contributed by atoms with Gasteiger partial charge in [0.25, 0.3) is 0 Å². The summed E-state index contributed by atoms with van der Waals surface area (Å²) in [6.07, 6.45) is -0.558. The molecule has 6 nitrogen and oxygen atoms in total. The molecule has 16 heavy (non-hydrogen) atoms. The van der Waals surface area contributed by atoms with Gasteiger partial charge in [-0.2, -0.15) is 0 Å². The van der Waals surface area contributed by atoms with Crippen LogP contribution >= 0.6 is 0 Å². The van der Waals surface area contributed by atoms with Crippen molar-refractivity contribution in [1.29, 1.82) is 5.41 Å². The van der Waals surface area contributed by atoms with E-state index in [4.69, 9.17) is 15.9 Å². The zero-order valence-corrected chi connectivity index (χ0v) is 8.69. The van der Waals surface area contributed by atoms with Crippen LogP contribution in [0.15, 0.2) is 30.3 Å². The smallest absolute Gasteiger partial charge is 0.409 e. The molecule has 1 aromatic rings. The molecule has 0 saturated carbocycles. The third-order valence-electron chi connectivity index (χ3n) is 1.75. The van der Waals surface area contributed by atoms with Crippen molar-refractivity contribution >= 4 is 12.1 Å². The molecule has 0 aliphatic rings. The van der Waals surface area contributed by atoms with Crippen molar-refractivity contribution in [2.75, 3.05) is 6.73 Å². The van der Waals surface area contributed by atoms with E-state index in [1.165, 1.54) is 0 Å². The Hall–Kier alpha value is -2.24. The van der Waals surface area contributed by atoms with Crippen LogP contribution in [0, 0.1) is 5.41 Å². The molecule has 0 spiro atoms. The number of ether oxygens (including phenoxy) is 1. The number of benzene rings is 1. The van der Waals surface area contributed by atoms with Gasteiger partial charge in [-0.25, -0.2) is 4.79 Å². The highest BCUT2D eigenvalue weighted by atomic mass is 16.6. The summed E-state index contributed by atoms with van der Waals surface area (Å²) in [5, 5.41) is 11.7.